The van der Waals surface area contributed by atoms with Gasteiger partial charge in [0.1, 0.15) is 6.23 Å². The van der Waals surface area contributed by atoms with Gasteiger partial charge in [-0.1, -0.05) is 17.7 Å². The van der Waals surface area contributed by atoms with Crippen molar-refractivity contribution >= 4 is 21.8 Å². The largest absolute Gasteiger partial charge is 0.360 e. The fourth-order valence-electron chi connectivity index (χ4n) is 2.71. The van der Waals surface area contributed by atoms with Crippen molar-refractivity contribution in [2.45, 2.75) is 24.5 Å². The SMILES string of the molecule is Cc1ccc(S(=O)(=O)N2CCCO[C@H]2CNC(=O)C(=O)NCC[NH+](C)C)cc1. The summed E-state index contributed by atoms with van der Waals surface area (Å²) in [4.78, 5) is 25.1. The summed E-state index contributed by atoms with van der Waals surface area (Å²) in [7, 11) is 0.114. The Morgan fingerprint density at radius 2 is 1.82 bits per heavy atom. The molecule has 3 N–H and O–H groups in total. The number of nitrogens with one attached hydrogen (secondary N) is 3. The Labute approximate surface area is 166 Å². The second kappa shape index (κ2) is 9.97. The quantitative estimate of drug-likeness (QED) is 0.453. The summed E-state index contributed by atoms with van der Waals surface area (Å²) in [6.07, 6.45) is -0.300. The first-order valence-electron chi connectivity index (χ1n) is 9.27. The van der Waals surface area contributed by atoms with E-state index >= 15 is 0 Å². The molecule has 0 unspecified atom stereocenters. The lowest BCUT2D eigenvalue weighted by molar-refractivity contribution is -0.856. The molecule has 1 fully saturated rings. The molecule has 0 saturated carbocycles. The Bertz CT molecular complexity index is 780. The van der Waals surface area contributed by atoms with E-state index in [2.05, 4.69) is 10.6 Å². The highest BCUT2D eigenvalue weighted by Gasteiger charge is 2.34. The summed E-state index contributed by atoms with van der Waals surface area (Å²) in [5.74, 6) is -1.55. The van der Waals surface area contributed by atoms with Crippen LogP contribution in [0.3, 0.4) is 0 Å². The van der Waals surface area contributed by atoms with Gasteiger partial charge in [0.05, 0.1) is 45.2 Å². The fourth-order valence-corrected chi connectivity index (χ4v) is 4.28. The molecule has 1 aliphatic heterocycles. The maximum absolute atomic E-state index is 12.9. The number of carbonyl (C=O) groups is 2. The minimum atomic E-state index is -3.77. The van der Waals surface area contributed by atoms with E-state index in [4.69, 9.17) is 4.74 Å². The number of aryl methyl sites for hydroxylation is 1. The maximum atomic E-state index is 12.9. The highest BCUT2D eigenvalue weighted by Crippen LogP contribution is 2.22. The topological polar surface area (TPSA) is 109 Å². The van der Waals surface area contributed by atoms with Crippen molar-refractivity contribution < 1.29 is 27.6 Å². The minimum absolute atomic E-state index is 0.101. The van der Waals surface area contributed by atoms with E-state index in [9.17, 15) is 18.0 Å². The molecule has 9 nitrogen and oxygen atoms in total. The molecule has 1 aromatic rings. The molecule has 2 rings (SSSR count). The first-order valence-corrected chi connectivity index (χ1v) is 10.7. The van der Waals surface area contributed by atoms with Crippen LogP contribution in [0.25, 0.3) is 0 Å². The van der Waals surface area contributed by atoms with Crippen LogP contribution in [-0.4, -0.2) is 77.6 Å². The molecule has 156 valence electrons. The van der Waals surface area contributed by atoms with E-state index in [0.29, 0.717) is 26.1 Å². The van der Waals surface area contributed by atoms with Crippen LogP contribution in [0.1, 0.15) is 12.0 Å². The molecule has 1 atom stereocenters. The number of hydrogen-bond acceptors (Lipinski definition) is 5. The minimum Gasteiger partial charge on any atom is -0.360 e. The van der Waals surface area contributed by atoms with E-state index in [0.717, 1.165) is 10.5 Å². The normalized spacial score (nSPS) is 18.1. The number of likely N-dealkylation sites (N-methyl/N-ethyl adjacent to an activating group) is 1. The molecule has 1 aromatic carbocycles. The number of quaternary nitrogens is 1. The molecule has 2 amide bonds. The van der Waals surface area contributed by atoms with Gasteiger partial charge in [-0.15, -0.1) is 0 Å². The lowest BCUT2D eigenvalue weighted by atomic mass is 10.2. The smallest absolute Gasteiger partial charge is 0.309 e. The average Bonchev–Trinajstić information content (AvgIpc) is 2.66. The predicted molar refractivity (Wildman–Crippen MR) is 103 cm³/mol. The van der Waals surface area contributed by atoms with Gasteiger partial charge in [-0.25, -0.2) is 8.42 Å². The van der Waals surface area contributed by atoms with Crippen LogP contribution in [0.2, 0.25) is 0 Å². The molecule has 0 aliphatic carbocycles. The molecule has 28 heavy (non-hydrogen) atoms. The number of benzene rings is 1. The molecule has 10 heteroatoms. The van der Waals surface area contributed by atoms with Gasteiger partial charge in [0.2, 0.25) is 10.0 Å². The third-order valence-corrected chi connectivity index (χ3v) is 6.24. The van der Waals surface area contributed by atoms with Gasteiger partial charge in [-0.2, -0.15) is 4.31 Å². The monoisotopic (exact) mass is 413 g/mol. The van der Waals surface area contributed by atoms with Gasteiger partial charge in [0, 0.05) is 6.54 Å². The molecule has 0 bridgehead atoms. The van der Waals surface area contributed by atoms with Crippen LogP contribution in [0.4, 0.5) is 0 Å². The lowest BCUT2D eigenvalue weighted by Crippen LogP contribution is -3.06. The first-order chi connectivity index (χ1) is 13.2. The first kappa shape index (κ1) is 22.3. The van der Waals surface area contributed by atoms with Crippen molar-refractivity contribution in [2.75, 3.05) is 46.9 Å². The summed E-state index contributed by atoms with van der Waals surface area (Å²) in [6.45, 7) is 3.52. The number of nitrogens with zero attached hydrogens (tertiary/aromatic N) is 1. The molecule has 1 aliphatic rings. The molecular weight excluding hydrogens is 384 g/mol. The predicted octanol–water partition coefficient (Wildman–Crippen LogP) is -1.89. The van der Waals surface area contributed by atoms with Crippen molar-refractivity contribution in [3.05, 3.63) is 29.8 Å². The van der Waals surface area contributed by atoms with Gasteiger partial charge < -0.3 is 20.3 Å². The van der Waals surface area contributed by atoms with E-state index in [-0.39, 0.29) is 18.0 Å². The van der Waals surface area contributed by atoms with Gasteiger partial charge >= 0.3 is 11.8 Å². The van der Waals surface area contributed by atoms with Crippen LogP contribution in [0.15, 0.2) is 29.2 Å². The van der Waals surface area contributed by atoms with E-state index in [1.165, 1.54) is 4.31 Å². The van der Waals surface area contributed by atoms with Gasteiger partial charge in [-0.05, 0) is 25.5 Å². The van der Waals surface area contributed by atoms with E-state index in [1.54, 1.807) is 24.3 Å². The maximum Gasteiger partial charge on any atom is 0.309 e. The zero-order chi connectivity index (χ0) is 20.7. The fraction of sp³-hybridized carbons (Fsp3) is 0.556. The molecule has 1 heterocycles. The second-order valence-corrected chi connectivity index (χ2v) is 8.92. The molecule has 0 radical (unpaired) electrons. The number of rotatable bonds is 7. The van der Waals surface area contributed by atoms with Crippen LogP contribution in [-0.2, 0) is 24.3 Å². The highest BCUT2D eigenvalue weighted by atomic mass is 32.2. The zero-order valence-electron chi connectivity index (χ0n) is 16.5. The van der Waals surface area contributed by atoms with Crippen LogP contribution >= 0.6 is 0 Å². The van der Waals surface area contributed by atoms with E-state index < -0.39 is 28.1 Å². The van der Waals surface area contributed by atoms with Crippen LogP contribution < -0.4 is 15.5 Å². The summed E-state index contributed by atoms with van der Waals surface area (Å²) in [5, 5.41) is 4.99. The number of ether oxygens (including phenoxy) is 1. The molecule has 0 spiro atoms. The van der Waals surface area contributed by atoms with Gasteiger partial charge in [0.25, 0.3) is 0 Å². The van der Waals surface area contributed by atoms with Gasteiger partial charge in [-0.3, -0.25) is 9.59 Å². The Balaban J connectivity index is 1.98. The molecule has 0 aromatic heterocycles. The van der Waals surface area contributed by atoms with Crippen molar-refractivity contribution in [3.63, 3.8) is 0 Å². The summed E-state index contributed by atoms with van der Waals surface area (Å²) >= 11 is 0. The number of hydrogen-bond donors (Lipinski definition) is 3. The summed E-state index contributed by atoms with van der Waals surface area (Å²) in [5.41, 5.74) is 0.958. The molecular formula is C18H29N4O5S+. The van der Waals surface area contributed by atoms with Crippen molar-refractivity contribution in [1.29, 1.82) is 0 Å². The number of amides is 2. The highest BCUT2D eigenvalue weighted by molar-refractivity contribution is 7.89. The Hall–Kier alpha value is -2.01. The summed E-state index contributed by atoms with van der Waals surface area (Å²) < 4.78 is 32.7. The van der Waals surface area contributed by atoms with Crippen molar-refractivity contribution in [1.82, 2.24) is 14.9 Å². The van der Waals surface area contributed by atoms with Crippen molar-refractivity contribution in [2.24, 2.45) is 0 Å². The average molecular weight is 414 g/mol. The Morgan fingerprint density at radius 3 is 2.46 bits per heavy atom. The van der Waals surface area contributed by atoms with Crippen LogP contribution in [0, 0.1) is 6.92 Å². The van der Waals surface area contributed by atoms with Crippen LogP contribution in [0.5, 0.6) is 0 Å². The Kier molecular flexibility index (Phi) is 7.93. The van der Waals surface area contributed by atoms with E-state index in [1.807, 2.05) is 21.0 Å². The molecule has 1 saturated heterocycles. The number of sulfonamides is 1. The standard InChI is InChI=1S/C18H28N4O5S/c1-14-5-7-15(8-6-14)28(25,26)22-10-4-12-27-16(22)13-20-18(24)17(23)19-9-11-21(2)3/h5-8,16H,4,9-13H2,1-3H3,(H,19,23)(H,20,24)/p+1/t16-/m0/s1. The zero-order valence-corrected chi connectivity index (χ0v) is 17.3. The third-order valence-electron chi connectivity index (χ3n) is 4.34. The van der Waals surface area contributed by atoms with Crippen molar-refractivity contribution in [3.8, 4) is 0 Å². The second-order valence-electron chi connectivity index (χ2n) is 7.03. The Morgan fingerprint density at radius 1 is 1.18 bits per heavy atom. The lowest BCUT2D eigenvalue weighted by Gasteiger charge is -2.34. The third kappa shape index (κ3) is 5.99. The summed E-state index contributed by atoms with van der Waals surface area (Å²) in [6, 6.07) is 6.56. The number of carbonyl (C=O) groups excluding carboxylic acids is 2. The van der Waals surface area contributed by atoms with Gasteiger partial charge in [0.15, 0.2) is 0 Å².